The first-order valence-electron chi connectivity index (χ1n) is 11.4. The second-order valence-corrected chi connectivity index (χ2v) is 12.3. The summed E-state index contributed by atoms with van der Waals surface area (Å²) < 4.78 is 16.1. The third-order valence-electron chi connectivity index (χ3n) is 6.27. The number of hydrogen-bond acceptors (Lipinski definition) is 9. The van der Waals surface area contributed by atoms with E-state index in [1.165, 1.54) is 35.7 Å². The van der Waals surface area contributed by atoms with Gasteiger partial charge in [-0.1, -0.05) is 6.07 Å². The zero-order valence-electron chi connectivity index (χ0n) is 20.3. The third kappa shape index (κ3) is 4.97. The number of nitrogens with zero attached hydrogens (tertiary/aromatic N) is 6. The van der Waals surface area contributed by atoms with Crippen LogP contribution in [0.25, 0.3) is 0 Å². The molecule has 1 saturated carbocycles. The average molecular weight is 489 g/mol. The Labute approximate surface area is 205 Å². The summed E-state index contributed by atoms with van der Waals surface area (Å²) in [4.78, 5) is 15.6. The SMILES string of the molecule is Cc1cc(Nc2ncc(C#N)c(Nc3cccc(N=S(C)(C)=O)n3)n2)cc2c1C1(CC1)CN(C)C2. The van der Waals surface area contributed by atoms with Crippen molar-refractivity contribution in [3.8, 4) is 6.07 Å². The van der Waals surface area contributed by atoms with Gasteiger partial charge in [0.05, 0.1) is 6.20 Å². The van der Waals surface area contributed by atoms with Crippen LogP contribution >= 0.6 is 0 Å². The van der Waals surface area contributed by atoms with Gasteiger partial charge in [0.2, 0.25) is 5.95 Å². The maximum absolute atomic E-state index is 12.0. The maximum atomic E-state index is 12.0. The van der Waals surface area contributed by atoms with E-state index < -0.39 is 9.73 Å². The Balaban J connectivity index is 1.43. The van der Waals surface area contributed by atoms with Crippen molar-refractivity contribution < 1.29 is 4.21 Å². The molecule has 1 aromatic carbocycles. The summed E-state index contributed by atoms with van der Waals surface area (Å²) in [7, 11) is -0.168. The van der Waals surface area contributed by atoms with Crippen molar-refractivity contribution in [2.24, 2.45) is 4.36 Å². The summed E-state index contributed by atoms with van der Waals surface area (Å²) >= 11 is 0. The molecule has 2 N–H and O–H groups in total. The number of fused-ring (bicyclic) bond motifs is 2. The molecular weight excluding hydrogens is 460 g/mol. The number of likely N-dealkylation sites (N-methyl/N-ethyl adjacent to an activating group) is 1. The maximum Gasteiger partial charge on any atom is 0.229 e. The molecule has 2 aliphatic rings. The minimum absolute atomic E-state index is 0.286. The van der Waals surface area contributed by atoms with Crippen LogP contribution in [0.5, 0.6) is 0 Å². The van der Waals surface area contributed by atoms with Crippen LogP contribution in [0.4, 0.5) is 29.1 Å². The molecule has 3 aromatic rings. The summed E-state index contributed by atoms with van der Waals surface area (Å²) in [5.74, 6) is 1.49. The molecule has 0 amide bonds. The van der Waals surface area contributed by atoms with Gasteiger partial charge in [0, 0.05) is 46.4 Å². The zero-order valence-corrected chi connectivity index (χ0v) is 21.1. The number of anilines is 4. The Morgan fingerprint density at radius 3 is 2.71 bits per heavy atom. The number of pyridine rings is 1. The molecular formula is C25H28N8OS. The van der Waals surface area contributed by atoms with Crippen molar-refractivity contribution in [2.45, 2.75) is 31.7 Å². The van der Waals surface area contributed by atoms with Crippen LogP contribution in [-0.4, -0.2) is 50.2 Å². The van der Waals surface area contributed by atoms with Gasteiger partial charge in [-0.3, -0.25) is 0 Å². The number of hydrogen-bond donors (Lipinski definition) is 2. The quantitative estimate of drug-likeness (QED) is 0.543. The van der Waals surface area contributed by atoms with Gasteiger partial charge in [0.1, 0.15) is 17.5 Å². The lowest BCUT2D eigenvalue weighted by molar-refractivity contribution is 0.270. The highest BCUT2D eigenvalue weighted by molar-refractivity contribution is 7.92. The predicted molar refractivity (Wildman–Crippen MR) is 138 cm³/mol. The first-order chi connectivity index (χ1) is 16.6. The number of nitriles is 1. The molecule has 9 nitrogen and oxygen atoms in total. The van der Waals surface area contributed by atoms with E-state index in [0.717, 1.165) is 18.8 Å². The minimum Gasteiger partial charge on any atom is -0.324 e. The van der Waals surface area contributed by atoms with Crippen LogP contribution in [0.2, 0.25) is 0 Å². The van der Waals surface area contributed by atoms with Gasteiger partial charge in [-0.2, -0.15) is 14.6 Å². The monoisotopic (exact) mass is 488 g/mol. The van der Waals surface area contributed by atoms with Crippen LogP contribution in [0.15, 0.2) is 40.9 Å². The Hall–Kier alpha value is -3.55. The number of aryl methyl sites for hydroxylation is 1. The van der Waals surface area contributed by atoms with E-state index in [1.807, 2.05) is 0 Å². The van der Waals surface area contributed by atoms with Gasteiger partial charge in [-0.15, -0.1) is 0 Å². The van der Waals surface area contributed by atoms with Crippen molar-refractivity contribution in [1.29, 1.82) is 5.26 Å². The molecule has 2 aromatic heterocycles. The fourth-order valence-corrected chi connectivity index (χ4v) is 5.51. The van der Waals surface area contributed by atoms with E-state index in [-0.39, 0.29) is 5.56 Å². The Morgan fingerprint density at radius 2 is 2.00 bits per heavy atom. The molecule has 1 fully saturated rings. The Kier molecular flexibility index (Phi) is 5.69. The van der Waals surface area contributed by atoms with Crippen LogP contribution in [-0.2, 0) is 21.7 Å². The zero-order chi connectivity index (χ0) is 24.8. The average Bonchev–Trinajstić information content (AvgIpc) is 3.51. The standard InChI is InChI=1S/C25H28N8OS/c1-16-10-19(11-17-14-33(2)15-25(8-9-25)22(16)17)28-24-27-13-18(12-26)23(31-24)30-20-6-5-7-21(29-20)32-35(3,4)34/h5-7,10-11,13H,8-9,14-15H2,1-4H3,(H2,27,28,29,30,31). The molecule has 180 valence electrons. The van der Waals surface area contributed by atoms with Crippen LogP contribution in [0, 0.1) is 18.3 Å². The molecule has 1 aliphatic carbocycles. The summed E-state index contributed by atoms with van der Waals surface area (Å²) in [6.07, 6.45) is 7.09. The molecule has 0 unspecified atom stereocenters. The van der Waals surface area contributed by atoms with Gasteiger partial charge in [-0.05, 0) is 67.8 Å². The molecule has 35 heavy (non-hydrogen) atoms. The van der Waals surface area contributed by atoms with Crippen molar-refractivity contribution >= 4 is 38.8 Å². The van der Waals surface area contributed by atoms with E-state index in [1.54, 1.807) is 30.7 Å². The molecule has 3 heterocycles. The molecule has 0 atom stereocenters. The molecule has 5 rings (SSSR count). The fraction of sp³-hybridized carbons (Fsp3) is 0.360. The highest BCUT2D eigenvalue weighted by atomic mass is 32.2. The lowest BCUT2D eigenvalue weighted by Gasteiger charge is -2.34. The molecule has 1 aliphatic heterocycles. The molecule has 10 heteroatoms. The highest BCUT2D eigenvalue weighted by Crippen LogP contribution is 2.53. The van der Waals surface area contributed by atoms with E-state index in [4.69, 9.17) is 0 Å². The van der Waals surface area contributed by atoms with Crippen molar-refractivity contribution in [1.82, 2.24) is 19.9 Å². The van der Waals surface area contributed by atoms with Gasteiger partial charge in [-0.25, -0.2) is 14.2 Å². The van der Waals surface area contributed by atoms with E-state index in [9.17, 15) is 9.47 Å². The second kappa shape index (κ2) is 8.59. The number of aromatic nitrogens is 3. The number of rotatable bonds is 5. The molecule has 0 saturated heterocycles. The second-order valence-electron chi connectivity index (χ2n) is 9.75. The highest BCUT2D eigenvalue weighted by Gasteiger charge is 2.49. The summed E-state index contributed by atoms with van der Waals surface area (Å²) in [5.41, 5.74) is 5.67. The normalized spacial score (nSPS) is 16.3. The largest absolute Gasteiger partial charge is 0.324 e. The summed E-state index contributed by atoms with van der Waals surface area (Å²) in [6, 6.07) is 11.6. The van der Waals surface area contributed by atoms with Gasteiger partial charge < -0.3 is 15.5 Å². The van der Waals surface area contributed by atoms with Crippen molar-refractivity contribution in [2.75, 3.05) is 36.7 Å². The fourth-order valence-electron chi connectivity index (χ4n) is 4.96. The van der Waals surface area contributed by atoms with Crippen molar-refractivity contribution in [3.05, 3.63) is 58.8 Å². The Bertz CT molecular complexity index is 1470. The van der Waals surface area contributed by atoms with Crippen molar-refractivity contribution in [3.63, 3.8) is 0 Å². The lowest BCUT2D eigenvalue weighted by atomic mass is 9.83. The molecule has 1 spiro atoms. The smallest absolute Gasteiger partial charge is 0.229 e. The van der Waals surface area contributed by atoms with Gasteiger partial charge in [0.15, 0.2) is 11.6 Å². The van der Waals surface area contributed by atoms with Gasteiger partial charge >= 0.3 is 0 Å². The number of benzene rings is 1. The first-order valence-corrected chi connectivity index (χ1v) is 13.8. The number of nitrogens with one attached hydrogen (secondary N) is 2. The molecule has 0 bridgehead atoms. The topological polar surface area (TPSA) is 119 Å². The van der Waals surface area contributed by atoms with Gasteiger partial charge in [0.25, 0.3) is 0 Å². The van der Waals surface area contributed by atoms with E-state index in [0.29, 0.717) is 28.8 Å². The minimum atomic E-state index is -2.34. The van der Waals surface area contributed by atoms with E-state index >= 15 is 0 Å². The third-order valence-corrected chi connectivity index (χ3v) is 6.90. The molecule has 0 radical (unpaired) electrons. The predicted octanol–water partition coefficient (Wildman–Crippen LogP) is 4.38. The van der Waals surface area contributed by atoms with E-state index in [2.05, 4.69) is 67.0 Å². The van der Waals surface area contributed by atoms with Crippen LogP contribution in [0.1, 0.15) is 35.1 Å². The lowest BCUT2D eigenvalue weighted by Crippen LogP contribution is -2.35. The summed E-state index contributed by atoms with van der Waals surface area (Å²) in [5, 5.41) is 15.9. The Morgan fingerprint density at radius 1 is 1.20 bits per heavy atom. The van der Waals surface area contributed by atoms with Crippen LogP contribution < -0.4 is 10.6 Å². The van der Waals surface area contributed by atoms with Crippen LogP contribution in [0.3, 0.4) is 0 Å². The first kappa shape index (κ1) is 23.2. The summed E-state index contributed by atoms with van der Waals surface area (Å²) in [6.45, 7) is 4.22.